The van der Waals surface area contributed by atoms with Crippen LogP contribution in [-0.2, 0) is 4.74 Å². The summed E-state index contributed by atoms with van der Waals surface area (Å²) in [6.07, 6.45) is 2.77. The van der Waals surface area contributed by atoms with E-state index in [-0.39, 0.29) is 23.3 Å². The first-order valence-electron chi connectivity index (χ1n) is 7.01. The van der Waals surface area contributed by atoms with Crippen LogP contribution in [0.1, 0.15) is 36.5 Å². The Hall–Kier alpha value is -1.62. The molecule has 1 saturated heterocycles. The summed E-state index contributed by atoms with van der Waals surface area (Å²) in [5, 5.41) is 9.18. The lowest BCUT2D eigenvalue weighted by molar-refractivity contribution is 0.00196. The lowest BCUT2D eigenvalue weighted by atomic mass is 10.1. The number of halogens is 1. The first kappa shape index (κ1) is 14.8. The number of piperidine rings is 1. The molecule has 20 heavy (non-hydrogen) atoms. The number of phenols is 1. The van der Waals surface area contributed by atoms with E-state index in [0.717, 1.165) is 25.3 Å². The van der Waals surface area contributed by atoms with Gasteiger partial charge in [0, 0.05) is 25.8 Å². The Balaban J connectivity index is 2.04. The highest BCUT2D eigenvalue weighted by molar-refractivity contribution is 5.94. The van der Waals surface area contributed by atoms with Gasteiger partial charge in [-0.25, -0.2) is 4.39 Å². The van der Waals surface area contributed by atoms with Crippen molar-refractivity contribution in [3.05, 3.63) is 29.6 Å². The molecule has 0 radical (unpaired) electrons. The molecular weight excluding hydrogens is 261 g/mol. The average molecular weight is 281 g/mol. The maximum atomic E-state index is 13.7. The molecule has 5 heteroatoms. The molecule has 1 atom stereocenters. The minimum Gasteiger partial charge on any atom is -0.508 e. The van der Waals surface area contributed by atoms with Gasteiger partial charge in [-0.2, -0.15) is 0 Å². The predicted molar refractivity (Wildman–Crippen MR) is 73.2 cm³/mol. The molecule has 0 spiro atoms. The summed E-state index contributed by atoms with van der Waals surface area (Å²) in [5.41, 5.74) is -0.000980. The molecule has 1 amide bonds. The van der Waals surface area contributed by atoms with Gasteiger partial charge in [-0.1, -0.05) is 6.92 Å². The fourth-order valence-corrected chi connectivity index (χ4v) is 2.39. The largest absolute Gasteiger partial charge is 0.508 e. The van der Waals surface area contributed by atoms with Gasteiger partial charge in [-0.05, 0) is 31.4 Å². The number of phenolic OH excluding ortho intramolecular Hbond substituents is 1. The maximum Gasteiger partial charge on any atom is 0.256 e. The van der Waals surface area contributed by atoms with Gasteiger partial charge in [-0.3, -0.25) is 4.79 Å². The lowest BCUT2D eigenvalue weighted by Crippen LogP contribution is -2.43. The maximum absolute atomic E-state index is 13.7. The number of aromatic hydroxyl groups is 1. The van der Waals surface area contributed by atoms with Crippen molar-refractivity contribution in [3.63, 3.8) is 0 Å². The van der Waals surface area contributed by atoms with Crippen LogP contribution in [0.15, 0.2) is 18.2 Å². The molecule has 1 fully saturated rings. The van der Waals surface area contributed by atoms with Crippen LogP contribution in [-0.4, -0.2) is 41.7 Å². The summed E-state index contributed by atoms with van der Waals surface area (Å²) in [6, 6.07) is 3.61. The monoisotopic (exact) mass is 281 g/mol. The van der Waals surface area contributed by atoms with Crippen LogP contribution >= 0.6 is 0 Å². The molecule has 1 unspecified atom stereocenters. The Morgan fingerprint density at radius 2 is 2.35 bits per heavy atom. The van der Waals surface area contributed by atoms with Gasteiger partial charge in [0.05, 0.1) is 11.7 Å². The molecule has 1 aromatic carbocycles. The number of carbonyl (C=O) groups excluding carboxylic acids is 1. The predicted octanol–water partition coefficient (Wildman–Crippen LogP) is 2.56. The van der Waals surface area contributed by atoms with Crippen molar-refractivity contribution in [2.75, 3.05) is 19.7 Å². The molecule has 0 aliphatic carbocycles. The summed E-state index contributed by atoms with van der Waals surface area (Å²) >= 11 is 0. The van der Waals surface area contributed by atoms with Crippen LogP contribution in [0.2, 0.25) is 0 Å². The highest BCUT2D eigenvalue weighted by atomic mass is 19.1. The summed E-state index contributed by atoms with van der Waals surface area (Å²) in [6.45, 7) is 3.84. The van der Waals surface area contributed by atoms with Crippen molar-refractivity contribution < 1.29 is 19.0 Å². The number of rotatable bonds is 4. The number of ether oxygens (including phenoxy) is 1. The molecule has 1 N–H and O–H groups in total. The van der Waals surface area contributed by atoms with Gasteiger partial charge in [0.25, 0.3) is 5.91 Å². The summed E-state index contributed by atoms with van der Waals surface area (Å²) in [5.74, 6) is -1.21. The highest BCUT2D eigenvalue weighted by Crippen LogP contribution is 2.20. The smallest absolute Gasteiger partial charge is 0.256 e. The summed E-state index contributed by atoms with van der Waals surface area (Å²) in [4.78, 5) is 13.9. The molecule has 2 rings (SSSR count). The van der Waals surface area contributed by atoms with Crippen molar-refractivity contribution in [1.29, 1.82) is 0 Å². The van der Waals surface area contributed by atoms with Crippen LogP contribution in [0.25, 0.3) is 0 Å². The first-order valence-corrected chi connectivity index (χ1v) is 7.01. The Bertz CT molecular complexity index is 478. The van der Waals surface area contributed by atoms with E-state index in [9.17, 15) is 14.3 Å². The molecule has 1 aliphatic rings. The third kappa shape index (κ3) is 3.48. The second-order valence-electron chi connectivity index (χ2n) is 5.05. The van der Waals surface area contributed by atoms with E-state index >= 15 is 0 Å². The van der Waals surface area contributed by atoms with Crippen LogP contribution in [0.4, 0.5) is 4.39 Å². The minimum atomic E-state index is -0.688. The third-order valence-electron chi connectivity index (χ3n) is 3.41. The normalized spacial score (nSPS) is 19.1. The highest BCUT2D eigenvalue weighted by Gasteiger charge is 2.26. The van der Waals surface area contributed by atoms with Gasteiger partial charge in [0.15, 0.2) is 0 Å². The number of amides is 1. The number of benzene rings is 1. The topological polar surface area (TPSA) is 49.8 Å². The molecule has 1 aromatic rings. The second-order valence-corrected chi connectivity index (χ2v) is 5.05. The van der Waals surface area contributed by atoms with E-state index < -0.39 is 5.82 Å². The summed E-state index contributed by atoms with van der Waals surface area (Å²) < 4.78 is 19.4. The number of nitrogens with zero attached hydrogens (tertiary/aromatic N) is 1. The molecule has 0 aromatic heterocycles. The van der Waals surface area contributed by atoms with E-state index in [1.807, 2.05) is 6.92 Å². The van der Waals surface area contributed by atoms with Gasteiger partial charge in [-0.15, -0.1) is 0 Å². The molecule has 0 saturated carbocycles. The van der Waals surface area contributed by atoms with E-state index in [0.29, 0.717) is 19.7 Å². The second kappa shape index (κ2) is 6.70. The number of hydrogen-bond acceptors (Lipinski definition) is 3. The van der Waals surface area contributed by atoms with Crippen LogP contribution in [0, 0.1) is 5.82 Å². The molecule has 4 nitrogen and oxygen atoms in total. The van der Waals surface area contributed by atoms with Crippen LogP contribution in [0.3, 0.4) is 0 Å². The number of likely N-dealkylation sites (tertiary alicyclic amines) is 1. The zero-order chi connectivity index (χ0) is 14.5. The fourth-order valence-electron chi connectivity index (χ4n) is 2.39. The molecule has 1 heterocycles. The van der Waals surface area contributed by atoms with Gasteiger partial charge < -0.3 is 14.7 Å². The fraction of sp³-hybridized carbons (Fsp3) is 0.533. The minimum absolute atomic E-state index is 0.000980. The van der Waals surface area contributed by atoms with E-state index in [4.69, 9.17) is 4.74 Å². The molecular formula is C15H20FNO3. The van der Waals surface area contributed by atoms with Crippen LogP contribution in [0.5, 0.6) is 5.75 Å². The average Bonchev–Trinajstić information content (AvgIpc) is 2.45. The molecule has 110 valence electrons. The number of carbonyl (C=O) groups is 1. The van der Waals surface area contributed by atoms with E-state index in [1.165, 1.54) is 12.1 Å². The SMILES string of the molecule is CCCOC1CCCN(C(=O)c2ccc(O)cc2F)C1. The third-order valence-corrected chi connectivity index (χ3v) is 3.41. The standard InChI is InChI=1S/C15H20FNO3/c1-2-8-20-12-4-3-7-17(10-12)15(19)13-6-5-11(18)9-14(13)16/h5-6,9,12,18H,2-4,7-8,10H2,1H3. The zero-order valence-electron chi connectivity index (χ0n) is 11.6. The first-order chi connectivity index (χ1) is 9.61. The Labute approximate surface area is 118 Å². The van der Waals surface area contributed by atoms with Crippen molar-refractivity contribution in [2.24, 2.45) is 0 Å². The van der Waals surface area contributed by atoms with Crippen molar-refractivity contribution in [2.45, 2.75) is 32.3 Å². The van der Waals surface area contributed by atoms with Gasteiger partial charge >= 0.3 is 0 Å². The Kier molecular flexibility index (Phi) is 4.95. The van der Waals surface area contributed by atoms with Gasteiger partial charge in [0.1, 0.15) is 11.6 Å². The van der Waals surface area contributed by atoms with E-state index in [2.05, 4.69) is 0 Å². The Morgan fingerprint density at radius 3 is 3.05 bits per heavy atom. The number of hydrogen-bond donors (Lipinski definition) is 1. The molecule has 0 bridgehead atoms. The Morgan fingerprint density at radius 1 is 1.55 bits per heavy atom. The van der Waals surface area contributed by atoms with Crippen molar-refractivity contribution >= 4 is 5.91 Å². The van der Waals surface area contributed by atoms with Crippen molar-refractivity contribution in [1.82, 2.24) is 4.90 Å². The van der Waals surface area contributed by atoms with Gasteiger partial charge in [0.2, 0.25) is 0 Å². The molecule has 1 aliphatic heterocycles. The zero-order valence-corrected chi connectivity index (χ0v) is 11.6. The van der Waals surface area contributed by atoms with E-state index in [1.54, 1.807) is 4.90 Å². The summed E-state index contributed by atoms with van der Waals surface area (Å²) in [7, 11) is 0. The van der Waals surface area contributed by atoms with Crippen molar-refractivity contribution in [3.8, 4) is 5.75 Å². The van der Waals surface area contributed by atoms with Crippen LogP contribution < -0.4 is 0 Å². The quantitative estimate of drug-likeness (QED) is 0.922. The lowest BCUT2D eigenvalue weighted by Gasteiger charge is -2.32.